The molecule has 0 atom stereocenters. The smallest absolute Gasteiger partial charge is 0.249 e. The van der Waals surface area contributed by atoms with E-state index in [1.807, 2.05) is 20.8 Å². The summed E-state index contributed by atoms with van der Waals surface area (Å²) >= 11 is 0. The van der Waals surface area contributed by atoms with Gasteiger partial charge in [0.1, 0.15) is 0 Å². The van der Waals surface area contributed by atoms with Crippen molar-refractivity contribution in [1.29, 1.82) is 0 Å². The highest BCUT2D eigenvalue weighted by molar-refractivity contribution is 5.96. The largest absolute Gasteiger partial charge is 0.342 e. The van der Waals surface area contributed by atoms with E-state index in [9.17, 15) is 9.59 Å². The van der Waals surface area contributed by atoms with Crippen LogP contribution in [-0.4, -0.2) is 61.4 Å². The fourth-order valence-electron chi connectivity index (χ4n) is 1.90. The zero-order chi connectivity index (χ0) is 13.7. The van der Waals surface area contributed by atoms with Crippen molar-refractivity contribution < 1.29 is 9.59 Å². The lowest BCUT2D eigenvalue weighted by Gasteiger charge is -2.26. The highest BCUT2D eigenvalue weighted by Crippen LogP contribution is 2.11. The molecule has 1 aliphatic rings. The molecular weight excluding hydrogens is 230 g/mol. The summed E-state index contributed by atoms with van der Waals surface area (Å²) in [6, 6.07) is 0. The highest BCUT2D eigenvalue weighted by atomic mass is 16.2. The minimum absolute atomic E-state index is 0.000356. The maximum atomic E-state index is 12.1. The molecule has 1 fully saturated rings. The molecule has 1 saturated heterocycles. The first-order chi connectivity index (χ1) is 8.51. The van der Waals surface area contributed by atoms with Gasteiger partial charge in [0.2, 0.25) is 11.8 Å². The van der Waals surface area contributed by atoms with Gasteiger partial charge in [0.05, 0.1) is 6.54 Å². The second kappa shape index (κ2) is 6.54. The monoisotopic (exact) mass is 253 g/mol. The van der Waals surface area contributed by atoms with Crippen molar-refractivity contribution in [2.75, 3.05) is 39.8 Å². The lowest BCUT2D eigenvalue weighted by atomic mass is 10.0. The minimum Gasteiger partial charge on any atom is -0.342 e. The van der Waals surface area contributed by atoms with Crippen molar-refractivity contribution in [3.63, 3.8) is 0 Å². The number of carbonyl (C=O) groups excluding carboxylic acids is 2. The average molecular weight is 253 g/mol. The molecule has 0 bridgehead atoms. The third kappa shape index (κ3) is 3.32. The van der Waals surface area contributed by atoms with Gasteiger partial charge < -0.3 is 15.1 Å². The summed E-state index contributed by atoms with van der Waals surface area (Å²) in [5.74, 6) is -0.0487. The third-order valence-corrected chi connectivity index (χ3v) is 3.36. The maximum absolute atomic E-state index is 12.1. The molecule has 5 heteroatoms. The van der Waals surface area contributed by atoms with Crippen LogP contribution in [0.4, 0.5) is 0 Å². The van der Waals surface area contributed by atoms with Crippen LogP contribution in [0.1, 0.15) is 20.8 Å². The van der Waals surface area contributed by atoms with E-state index >= 15 is 0 Å². The predicted molar refractivity (Wildman–Crippen MR) is 71.1 cm³/mol. The number of rotatable bonds is 5. The molecule has 0 aromatic carbocycles. The summed E-state index contributed by atoms with van der Waals surface area (Å²) < 4.78 is 0. The van der Waals surface area contributed by atoms with E-state index < -0.39 is 0 Å². The Balaban J connectivity index is 2.57. The topological polar surface area (TPSA) is 52.7 Å². The molecule has 1 heterocycles. The minimum atomic E-state index is -0.0491. The molecule has 2 amide bonds. The fourth-order valence-corrected chi connectivity index (χ4v) is 1.90. The Bertz CT molecular complexity index is 353. The molecule has 1 N–H and O–H groups in total. The van der Waals surface area contributed by atoms with Crippen LogP contribution in [0.15, 0.2) is 11.1 Å². The van der Waals surface area contributed by atoms with Crippen LogP contribution in [0.2, 0.25) is 0 Å². The van der Waals surface area contributed by atoms with E-state index in [0.717, 1.165) is 24.2 Å². The standard InChI is InChI=1S/C13H23N3O2/c1-5-16(6-2)12(17)9-15(4)13(18)10(3)11-7-14-8-11/h14H,5-9H2,1-4H3. The van der Waals surface area contributed by atoms with Crippen LogP contribution in [0.5, 0.6) is 0 Å². The molecule has 0 aliphatic carbocycles. The van der Waals surface area contributed by atoms with Crippen molar-refractivity contribution in [2.24, 2.45) is 0 Å². The van der Waals surface area contributed by atoms with Crippen molar-refractivity contribution in [2.45, 2.75) is 20.8 Å². The molecule has 102 valence electrons. The molecule has 5 nitrogen and oxygen atoms in total. The molecule has 0 aromatic heterocycles. The first kappa shape index (κ1) is 14.7. The first-order valence-corrected chi connectivity index (χ1v) is 6.43. The van der Waals surface area contributed by atoms with Gasteiger partial charge in [-0.1, -0.05) is 0 Å². The average Bonchev–Trinajstić information content (AvgIpc) is 2.27. The van der Waals surface area contributed by atoms with Crippen LogP contribution in [0.25, 0.3) is 0 Å². The van der Waals surface area contributed by atoms with Gasteiger partial charge in [0.15, 0.2) is 0 Å². The van der Waals surface area contributed by atoms with E-state index in [0.29, 0.717) is 13.1 Å². The lowest BCUT2D eigenvalue weighted by Crippen LogP contribution is -2.43. The van der Waals surface area contributed by atoms with Gasteiger partial charge in [-0.2, -0.15) is 0 Å². The molecule has 18 heavy (non-hydrogen) atoms. The molecule has 0 radical (unpaired) electrons. The van der Waals surface area contributed by atoms with Crippen molar-refractivity contribution in [1.82, 2.24) is 15.1 Å². The Morgan fingerprint density at radius 3 is 2.17 bits per heavy atom. The number of amides is 2. The third-order valence-electron chi connectivity index (χ3n) is 3.36. The van der Waals surface area contributed by atoms with E-state index in [-0.39, 0.29) is 18.4 Å². The fraction of sp³-hybridized carbons (Fsp3) is 0.692. The number of nitrogens with zero attached hydrogens (tertiary/aromatic N) is 2. The second-order valence-corrected chi connectivity index (χ2v) is 4.56. The molecule has 0 aromatic rings. The summed E-state index contributed by atoms with van der Waals surface area (Å²) in [5, 5.41) is 3.11. The highest BCUT2D eigenvalue weighted by Gasteiger charge is 2.21. The Hall–Kier alpha value is -1.36. The van der Waals surface area contributed by atoms with Gasteiger partial charge >= 0.3 is 0 Å². The summed E-state index contributed by atoms with van der Waals surface area (Å²) in [6.45, 7) is 8.80. The Morgan fingerprint density at radius 1 is 1.22 bits per heavy atom. The Kier molecular flexibility index (Phi) is 5.34. The quantitative estimate of drug-likeness (QED) is 0.714. The van der Waals surface area contributed by atoms with Gasteiger partial charge in [-0.3, -0.25) is 9.59 Å². The number of nitrogens with one attached hydrogen (secondary N) is 1. The maximum Gasteiger partial charge on any atom is 0.249 e. The van der Waals surface area contributed by atoms with Gasteiger partial charge in [-0.05, 0) is 26.3 Å². The molecule has 0 spiro atoms. The summed E-state index contributed by atoms with van der Waals surface area (Å²) in [4.78, 5) is 27.2. The zero-order valence-corrected chi connectivity index (χ0v) is 11.7. The van der Waals surface area contributed by atoms with E-state index in [1.54, 1.807) is 11.9 Å². The van der Waals surface area contributed by atoms with E-state index in [2.05, 4.69) is 5.32 Å². The van der Waals surface area contributed by atoms with Crippen molar-refractivity contribution in [3.05, 3.63) is 11.1 Å². The normalized spacial score (nSPS) is 13.9. The van der Waals surface area contributed by atoms with Crippen LogP contribution in [-0.2, 0) is 9.59 Å². The van der Waals surface area contributed by atoms with Crippen LogP contribution in [0.3, 0.4) is 0 Å². The first-order valence-electron chi connectivity index (χ1n) is 6.43. The molecular formula is C13H23N3O2. The van der Waals surface area contributed by atoms with Crippen LogP contribution in [0, 0.1) is 0 Å². The molecule has 0 unspecified atom stereocenters. The Labute approximate surface area is 109 Å². The number of carbonyl (C=O) groups is 2. The summed E-state index contributed by atoms with van der Waals surface area (Å²) in [6.07, 6.45) is 0. The van der Waals surface area contributed by atoms with E-state index in [4.69, 9.17) is 0 Å². The van der Waals surface area contributed by atoms with Crippen molar-refractivity contribution in [3.8, 4) is 0 Å². The molecule has 0 saturated carbocycles. The van der Waals surface area contributed by atoms with Crippen LogP contribution >= 0.6 is 0 Å². The predicted octanol–water partition coefficient (Wildman–Crippen LogP) is 0.233. The van der Waals surface area contributed by atoms with Gasteiger partial charge in [-0.15, -0.1) is 0 Å². The number of hydrogen-bond acceptors (Lipinski definition) is 3. The molecule has 1 rings (SSSR count). The van der Waals surface area contributed by atoms with Gasteiger partial charge in [0, 0.05) is 38.8 Å². The summed E-state index contributed by atoms with van der Waals surface area (Å²) in [5.41, 5.74) is 1.91. The number of hydrogen-bond donors (Lipinski definition) is 1. The second-order valence-electron chi connectivity index (χ2n) is 4.56. The van der Waals surface area contributed by atoms with Crippen molar-refractivity contribution >= 4 is 11.8 Å². The Morgan fingerprint density at radius 2 is 1.78 bits per heavy atom. The zero-order valence-electron chi connectivity index (χ0n) is 11.7. The lowest BCUT2D eigenvalue weighted by molar-refractivity contribution is -0.137. The molecule has 1 aliphatic heterocycles. The number of likely N-dealkylation sites (N-methyl/N-ethyl adjacent to an activating group) is 2. The van der Waals surface area contributed by atoms with Gasteiger partial charge in [-0.25, -0.2) is 0 Å². The SMILES string of the molecule is CCN(CC)C(=O)CN(C)C(=O)C(C)=C1CNC1. The van der Waals surface area contributed by atoms with Gasteiger partial charge in [0.25, 0.3) is 0 Å². The van der Waals surface area contributed by atoms with Crippen LogP contribution < -0.4 is 5.32 Å². The summed E-state index contributed by atoms with van der Waals surface area (Å²) in [7, 11) is 1.68. The van der Waals surface area contributed by atoms with E-state index in [1.165, 1.54) is 4.90 Å².